The number of halogens is 2. The molecular weight excluding hydrogens is 318 g/mol. The highest BCUT2D eigenvalue weighted by atomic mass is 79.9. The SMILES string of the molecule is CCC(Cl)c1cn(-c2cc(OC)ccc2Br)nn1. The Morgan fingerprint density at radius 1 is 1.50 bits per heavy atom. The minimum atomic E-state index is -0.108. The van der Waals surface area contributed by atoms with E-state index in [-0.39, 0.29) is 5.38 Å². The molecule has 1 heterocycles. The molecule has 2 aromatic rings. The second kappa shape index (κ2) is 5.71. The van der Waals surface area contributed by atoms with Gasteiger partial charge in [0.2, 0.25) is 0 Å². The normalized spacial score (nSPS) is 12.4. The van der Waals surface area contributed by atoms with Gasteiger partial charge in [-0.05, 0) is 34.5 Å². The minimum absolute atomic E-state index is 0.108. The van der Waals surface area contributed by atoms with Crippen LogP contribution >= 0.6 is 27.5 Å². The van der Waals surface area contributed by atoms with Crippen LogP contribution in [0.2, 0.25) is 0 Å². The van der Waals surface area contributed by atoms with Crippen LogP contribution in [0.4, 0.5) is 0 Å². The topological polar surface area (TPSA) is 39.9 Å². The largest absolute Gasteiger partial charge is 0.497 e. The van der Waals surface area contributed by atoms with Gasteiger partial charge in [-0.25, -0.2) is 4.68 Å². The lowest BCUT2D eigenvalue weighted by Crippen LogP contribution is -1.97. The summed E-state index contributed by atoms with van der Waals surface area (Å²) in [7, 11) is 1.63. The van der Waals surface area contributed by atoms with Crippen molar-refractivity contribution in [1.29, 1.82) is 0 Å². The molecule has 0 aliphatic carbocycles. The summed E-state index contributed by atoms with van der Waals surface area (Å²) in [6, 6.07) is 5.67. The third-order valence-electron chi connectivity index (χ3n) is 2.59. The van der Waals surface area contributed by atoms with E-state index < -0.39 is 0 Å². The fourth-order valence-electron chi connectivity index (χ4n) is 1.54. The minimum Gasteiger partial charge on any atom is -0.497 e. The highest BCUT2D eigenvalue weighted by Crippen LogP contribution is 2.27. The van der Waals surface area contributed by atoms with Crippen LogP contribution in [-0.4, -0.2) is 22.1 Å². The first kappa shape index (κ1) is 13.4. The lowest BCUT2D eigenvalue weighted by molar-refractivity contribution is 0.414. The van der Waals surface area contributed by atoms with Crippen molar-refractivity contribution in [1.82, 2.24) is 15.0 Å². The van der Waals surface area contributed by atoms with Crippen LogP contribution in [0.5, 0.6) is 5.75 Å². The molecule has 1 aromatic carbocycles. The van der Waals surface area contributed by atoms with Crippen molar-refractivity contribution < 1.29 is 4.74 Å². The number of hydrogen-bond donors (Lipinski definition) is 0. The predicted octanol–water partition coefficient (Wildman–Crippen LogP) is 3.73. The molecule has 0 fully saturated rings. The molecular formula is C12H13BrClN3O. The molecule has 1 atom stereocenters. The Morgan fingerprint density at radius 2 is 2.28 bits per heavy atom. The summed E-state index contributed by atoms with van der Waals surface area (Å²) in [6.45, 7) is 2.01. The molecule has 0 radical (unpaired) electrons. The number of rotatable bonds is 4. The van der Waals surface area contributed by atoms with Crippen molar-refractivity contribution >= 4 is 27.5 Å². The van der Waals surface area contributed by atoms with Crippen molar-refractivity contribution in [2.75, 3.05) is 7.11 Å². The second-order valence-corrected chi connectivity index (χ2v) is 5.16. The smallest absolute Gasteiger partial charge is 0.121 e. The van der Waals surface area contributed by atoms with Gasteiger partial charge in [-0.3, -0.25) is 0 Å². The Kier molecular flexibility index (Phi) is 4.24. The van der Waals surface area contributed by atoms with E-state index in [9.17, 15) is 0 Å². The monoisotopic (exact) mass is 329 g/mol. The average molecular weight is 331 g/mol. The zero-order chi connectivity index (χ0) is 13.1. The molecule has 4 nitrogen and oxygen atoms in total. The first-order valence-corrected chi connectivity index (χ1v) is 6.79. The fourth-order valence-corrected chi connectivity index (χ4v) is 2.07. The zero-order valence-corrected chi connectivity index (χ0v) is 12.4. The number of benzene rings is 1. The van der Waals surface area contributed by atoms with Crippen molar-refractivity contribution in [3.63, 3.8) is 0 Å². The van der Waals surface area contributed by atoms with Crippen molar-refractivity contribution in [3.8, 4) is 11.4 Å². The van der Waals surface area contributed by atoms with Crippen LogP contribution < -0.4 is 4.74 Å². The molecule has 0 aliphatic rings. The van der Waals surface area contributed by atoms with Crippen LogP contribution in [-0.2, 0) is 0 Å². The maximum absolute atomic E-state index is 6.14. The molecule has 0 saturated heterocycles. The summed E-state index contributed by atoms with van der Waals surface area (Å²) in [5, 5.41) is 8.06. The van der Waals surface area contributed by atoms with E-state index in [0.29, 0.717) is 0 Å². The highest BCUT2D eigenvalue weighted by molar-refractivity contribution is 9.10. The molecule has 1 aromatic heterocycles. The maximum atomic E-state index is 6.14. The first-order chi connectivity index (χ1) is 8.65. The molecule has 6 heteroatoms. The van der Waals surface area contributed by atoms with Gasteiger partial charge in [-0.2, -0.15) is 0 Å². The van der Waals surface area contributed by atoms with Crippen LogP contribution in [0.1, 0.15) is 24.4 Å². The van der Waals surface area contributed by atoms with E-state index in [1.165, 1.54) is 0 Å². The van der Waals surface area contributed by atoms with Gasteiger partial charge >= 0.3 is 0 Å². The maximum Gasteiger partial charge on any atom is 0.121 e. The Labute approximate surface area is 119 Å². The number of aromatic nitrogens is 3. The van der Waals surface area contributed by atoms with Gasteiger partial charge in [-0.1, -0.05) is 12.1 Å². The number of alkyl halides is 1. The Bertz CT molecular complexity index is 544. The van der Waals surface area contributed by atoms with Crippen LogP contribution in [0.15, 0.2) is 28.9 Å². The molecule has 1 unspecified atom stereocenters. The summed E-state index contributed by atoms with van der Waals surface area (Å²) in [5.41, 5.74) is 1.64. The summed E-state index contributed by atoms with van der Waals surface area (Å²) >= 11 is 9.62. The van der Waals surface area contributed by atoms with E-state index in [2.05, 4.69) is 26.2 Å². The standard InChI is InChI=1S/C12H13BrClN3O/c1-3-10(14)11-7-17(16-15-11)12-6-8(18-2)4-5-9(12)13/h4-7,10H,3H2,1-2H3. The molecule has 0 saturated carbocycles. The van der Waals surface area contributed by atoms with E-state index in [0.717, 1.165) is 28.0 Å². The molecule has 0 bridgehead atoms. The molecule has 2 rings (SSSR count). The van der Waals surface area contributed by atoms with E-state index in [1.807, 2.05) is 31.3 Å². The molecule has 0 N–H and O–H groups in total. The molecule has 18 heavy (non-hydrogen) atoms. The Balaban J connectivity index is 2.39. The van der Waals surface area contributed by atoms with Gasteiger partial charge in [0.1, 0.15) is 11.4 Å². The van der Waals surface area contributed by atoms with Gasteiger partial charge in [0.25, 0.3) is 0 Å². The van der Waals surface area contributed by atoms with Gasteiger partial charge in [0.15, 0.2) is 0 Å². The fraction of sp³-hybridized carbons (Fsp3) is 0.333. The number of methoxy groups -OCH3 is 1. The molecule has 0 spiro atoms. The van der Waals surface area contributed by atoms with E-state index in [4.69, 9.17) is 16.3 Å². The van der Waals surface area contributed by atoms with Crippen molar-refractivity contribution in [2.24, 2.45) is 0 Å². The quantitative estimate of drug-likeness (QED) is 0.802. The highest BCUT2D eigenvalue weighted by Gasteiger charge is 2.12. The number of nitrogens with zero attached hydrogens (tertiary/aromatic N) is 3. The summed E-state index contributed by atoms with van der Waals surface area (Å²) in [5.74, 6) is 0.767. The Morgan fingerprint density at radius 3 is 2.94 bits per heavy atom. The number of hydrogen-bond acceptors (Lipinski definition) is 3. The van der Waals surface area contributed by atoms with Gasteiger partial charge in [0.05, 0.1) is 24.4 Å². The van der Waals surface area contributed by atoms with Gasteiger partial charge in [0, 0.05) is 10.5 Å². The third-order valence-corrected chi connectivity index (χ3v) is 3.79. The lowest BCUT2D eigenvalue weighted by atomic mass is 10.2. The average Bonchev–Trinajstić information content (AvgIpc) is 2.88. The van der Waals surface area contributed by atoms with Crippen molar-refractivity contribution in [2.45, 2.75) is 18.7 Å². The zero-order valence-electron chi connectivity index (χ0n) is 10.1. The summed E-state index contributed by atoms with van der Waals surface area (Å²) in [6.07, 6.45) is 2.65. The van der Waals surface area contributed by atoms with Crippen molar-refractivity contribution in [3.05, 3.63) is 34.6 Å². The van der Waals surface area contributed by atoms with Gasteiger partial charge < -0.3 is 4.74 Å². The second-order valence-electron chi connectivity index (χ2n) is 3.78. The van der Waals surface area contributed by atoms with Crippen LogP contribution in [0.25, 0.3) is 5.69 Å². The lowest BCUT2D eigenvalue weighted by Gasteiger charge is -2.06. The Hall–Kier alpha value is -1.07. The van der Waals surface area contributed by atoms with E-state index in [1.54, 1.807) is 11.8 Å². The molecule has 0 aliphatic heterocycles. The van der Waals surface area contributed by atoms with Gasteiger partial charge in [-0.15, -0.1) is 16.7 Å². The first-order valence-electron chi connectivity index (χ1n) is 5.56. The summed E-state index contributed by atoms with van der Waals surface area (Å²) in [4.78, 5) is 0. The molecule has 96 valence electrons. The van der Waals surface area contributed by atoms with E-state index >= 15 is 0 Å². The third kappa shape index (κ3) is 2.67. The molecule has 0 amide bonds. The summed E-state index contributed by atoms with van der Waals surface area (Å²) < 4.78 is 7.80. The van der Waals surface area contributed by atoms with Crippen LogP contribution in [0.3, 0.4) is 0 Å². The van der Waals surface area contributed by atoms with Crippen LogP contribution in [0, 0.1) is 0 Å². The number of ether oxygens (including phenoxy) is 1. The predicted molar refractivity (Wildman–Crippen MR) is 74.5 cm³/mol.